The predicted octanol–water partition coefficient (Wildman–Crippen LogP) is 2.22. The fourth-order valence-corrected chi connectivity index (χ4v) is 3.40. The van der Waals surface area contributed by atoms with Crippen molar-refractivity contribution >= 4 is 38.7 Å². The van der Waals surface area contributed by atoms with Crippen molar-refractivity contribution in [1.29, 1.82) is 0 Å². The average Bonchev–Trinajstić information content (AvgIpc) is 2.59. The Morgan fingerprint density at radius 3 is 2.32 bits per heavy atom. The van der Waals surface area contributed by atoms with Gasteiger partial charge in [-0.3, -0.25) is 29.3 Å². The molecule has 0 saturated heterocycles. The number of non-ortho nitro benzene ring substituents is 1. The van der Waals surface area contributed by atoms with Crippen LogP contribution in [0, 0.1) is 27.2 Å². The number of hydrogen-bond donors (Lipinski definition) is 1. The molecule has 2 aromatic carbocycles. The van der Waals surface area contributed by atoms with E-state index in [1.54, 1.807) is 0 Å². The Morgan fingerprint density at radius 2 is 1.75 bits per heavy atom. The van der Waals surface area contributed by atoms with Gasteiger partial charge < -0.3 is 5.32 Å². The largest absolute Gasteiger partial charge is 0.324 e. The zero-order valence-corrected chi connectivity index (χ0v) is 15.7. The monoisotopic (exact) mass is 408 g/mol. The van der Waals surface area contributed by atoms with Crippen molar-refractivity contribution in [2.24, 2.45) is 0 Å². The van der Waals surface area contributed by atoms with Crippen molar-refractivity contribution in [3.05, 3.63) is 68.3 Å². The molecule has 0 aliphatic heterocycles. The Bertz CT molecular complexity index is 1050. The molecule has 1 amide bonds. The molecule has 0 atom stereocenters. The van der Waals surface area contributed by atoms with E-state index < -0.39 is 32.3 Å². The molecule has 28 heavy (non-hydrogen) atoms. The van der Waals surface area contributed by atoms with Crippen molar-refractivity contribution in [2.75, 3.05) is 22.4 Å². The number of nitrogens with zero attached hydrogens (tertiary/aromatic N) is 3. The second-order valence-electron chi connectivity index (χ2n) is 5.80. The molecular weight excluding hydrogens is 392 g/mol. The smallest absolute Gasteiger partial charge is 0.274 e. The van der Waals surface area contributed by atoms with E-state index >= 15 is 0 Å². The topological polar surface area (TPSA) is 153 Å². The maximum Gasteiger partial charge on any atom is 0.274 e. The van der Waals surface area contributed by atoms with Crippen LogP contribution in [0.4, 0.5) is 22.7 Å². The average molecular weight is 408 g/mol. The molecule has 12 heteroatoms. The Morgan fingerprint density at radius 1 is 1.11 bits per heavy atom. The maximum absolute atomic E-state index is 12.3. The lowest BCUT2D eigenvalue weighted by Gasteiger charge is -2.23. The normalized spacial score (nSPS) is 10.9. The van der Waals surface area contributed by atoms with Crippen LogP contribution in [0.3, 0.4) is 0 Å². The van der Waals surface area contributed by atoms with Crippen LogP contribution in [0.2, 0.25) is 0 Å². The predicted molar refractivity (Wildman–Crippen MR) is 102 cm³/mol. The van der Waals surface area contributed by atoms with Gasteiger partial charge >= 0.3 is 0 Å². The molecule has 0 saturated carbocycles. The number of sulfonamides is 1. The minimum Gasteiger partial charge on any atom is -0.324 e. The number of benzene rings is 2. The third-order valence-electron chi connectivity index (χ3n) is 3.77. The number of anilines is 2. The van der Waals surface area contributed by atoms with Gasteiger partial charge in [-0.25, -0.2) is 8.42 Å². The number of hydrogen-bond acceptors (Lipinski definition) is 7. The van der Waals surface area contributed by atoms with E-state index in [0.717, 1.165) is 16.6 Å². The molecule has 0 unspecified atom stereocenters. The summed E-state index contributed by atoms with van der Waals surface area (Å²) in [7, 11) is -3.95. The van der Waals surface area contributed by atoms with E-state index in [4.69, 9.17) is 0 Å². The summed E-state index contributed by atoms with van der Waals surface area (Å²) in [4.78, 5) is 33.0. The highest BCUT2D eigenvalue weighted by molar-refractivity contribution is 7.92. The van der Waals surface area contributed by atoms with Crippen LogP contribution in [-0.4, -0.2) is 37.0 Å². The quantitative estimate of drug-likeness (QED) is 0.544. The zero-order valence-electron chi connectivity index (χ0n) is 14.9. The lowest BCUT2D eigenvalue weighted by atomic mass is 10.1. The van der Waals surface area contributed by atoms with E-state index in [9.17, 15) is 33.4 Å². The number of carbonyl (C=O) groups excluding carboxylic acids is 1. The van der Waals surface area contributed by atoms with Crippen LogP contribution < -0.4 is 9.62 Å². The Hall–Kier alpha value is -3.54. The van der Waals surface area contributed by atoms with Crippen molar-refractivity contribution < 1.29 is 23.1 Å². The molecule has 0 aromatic heterocycles. The van der Waals surface area contributed by atoms with Crippen molar-refractivity contribution in [2.45, 2.75) is 6.92 Å². The van der Waals surface area contributed by atoms with Gasteiger partial charge in [0.25, 0.3) is 11.4 Å². The molecule has 0 bridgehead atoms. The molecule has 0 heterocycles. The fourth-order valence-electron chi connectivity index (χ4n) is 2.49. The van der Waals surface area contributed by atoms with E-state index in [1.807, 2.05) is 0 Å². The Kier molecular flexibility index (Phi) is 5.93. The molecule has 2 aromatic rings. The summed E-state index contributed by atoms with van der Waals surface area (Å²) in [5, 5.41) is 24.3. The third kappa shape index (κ3) is 4.79. The first-order chi connectivity index (χ1) is 13.0. The highest BCUT2D eigenvalue weighted by Crippen LogP contribution is 2.29. The number of nitro groups is 2. The van der Waals surface area contributed by atoms with Crippen molar-refractivity contribution in [3.8, 4) is 0 Å². The van der Waals surface area contributed by atoms with Crippen LogP contribution in [-0.2, 0) is 14.8 Å². The molecule has 1 N–H and O–H groups in total. The van der Waals surface area contributed by atoms with Crippen LogP contribution in [0.1, 0.15) is 5.56 Å². The number of amides is 1. The van der Waals surface area contributed by atoms with Crippen molar-refractivity contribution in [1.82, 2.24) is 0 Å². The molecule has 0 aliphatic carbocycles. The molecule has 148 valence electrons. The highest BCUT2D eigenvalue weighted by atomic mass is 32.2. The van der Waals surface area contributed by atoms with Gasteiger partial charge in [-0.15, -0.1) is 0 Å². The SMILES string of the molecule is Cc1c(N(CC(=O)Nc2cccc([N+](=O)[O-])c2)S(C)(=O)=O)cccc1[N+](=O)[O-]. The van der Waals surface area contributed by atoms with Gasteiger partial charge in [-0.1, -0.05) is 12.1 Å². The van der Waals surface area contributed by atoms with Gasteiger partial charge in [0.05, 0.1) is 27.4 Å². The standard InChI is InChI=1S/C16H16N4O7S/c1-11-14(7-4-8-15(11)20(24)25)18(28(2,26)27)10-16(21)17-12-5-3-6-13(9-12)19(22)23/h3-9H,10H2,1-2H3,(H,17,21). The number of rotatable bonds is 7. The van der Waals surface area contributed by atoms with E-state index in [2.05, 4.69) is 5.32 Å². The number of nitrogens with one attached hydrogen (secondary N) is 1. The fraction of sp³-hybridized carbons (Fsp3) is 0.188. The third-order valence-corrected chi connectivity index (χ3v) is 4.90. The van der Waals surface area contributed by atoms with E-state index in [1.165, 1.54) is 43.3 Å². The molecule has 0 radical (unpaired) electrons. The number of carbonyl (C=O) groups is 1. The lowest BCUT2D eigenvalue weighted by molar-refractivity contribution is -0.385. The van der Waals surface area contributed by atoms with Crippen LogP contribution in [0.15, 0.2) is 42.5 Å². The zero-order chi connectivity index (χ0) is 21.1. The number of nitro benzene ring substituents is 2. The highest BCUT2D eigenvalue weighted by Gasteiger charge is 2.26. The summed E-state index contributed by atoms with van der Waals surface area (Å²) in [5.41, 5.74) is -0.340. The van der Waals surface area contributed by atoms with Gasteiger partial charge in [0.15, 0.2) is 0 Å². The molecule has 2 rings (SSSR count). The lowest BCUT2D eigenvalue weighted by Crippen LogP contribution is -2.38. The van der Waals surface area contributed by atoms with Crippen LogP contribution in [0.25, 0.3) is 0 Å². The molecular formula is C16H16N4O7S. The molecule has 11 nitrogen and oxygen atoms in total. The van der Waals surface area contributed by atoms with Crippen LogP contribution >= 0.6 is 0 Å². The van der Waals surface area contributed by atoms with E-state index in [-0.39, 0.29) is 28.3 Å². The molecule has 0 aliphatic rings. The summed E-state index contributed by atoms with van der Waals surface area (Å²) in [5.74, 6) is -0.767. The van der Waals surface area contributed by atoms with Crippen molar-refractivity contribution in [3.63, 3.8) is 0 Å². The first kappa shape index (κ1) is 20.8. The molecule has 0 fully saturated rings. The first-order valence-electron chi connectivity index (χ1n) is 7.76. The summed E-state index contributed by atoms with van der Waals surface area (Å²) >= 11 is 0. The van der Waals surface area contributed by atoms with Gasteiger partial charge in [-0.05, 0) is 19.1 Å². The van der Waals surface area contributed by atoms with Gasteiger partial charge in [0.2, 0.25) is 15.9 Å². The second kappa shape index (κ2) is 8.00. The first-order valence-corrected chi connectivity index (χ1v) is 9.61. The van der Waals surface area contributed by atoms with Gasteiger partial charge in [0, 0.05) is 23.9 Å². The minimum atomic E-state index is -3.95. The second-order valence-corrected chi connectivity index (χ2v) is 7.71. The maximum atomic E-state index is 12.3. The minimum absolute atomic E-state index is 0.00843. The summed E-state index contributed by atoms with van der Waals surface area (Å²) in [6.45, 7) is 0.716. The Balaban J connectivity index is 2.33. The summed E-state index contributed by atoms with van der Waals surface area (Å²) < 4.78 is 25.1. The van der Waals surface area contributed by atoms with Crippen LogP contribution in [0.5, 0.6) is 0 Å². The van der Waals surface area contributed by atoms with Gasteiger partial charge in [0.1, 0.15) is 6.54 Å². The van der Waals surface area contributed by atoms with Gasteiger partial charge in [-0.2, -0.15) is 0 Å². The summed E-state index contributed by atoms with van der Waals surface area (Å²) in [6, 6.07) is 9.04. The summed E-state index contributed by atoms with van der Waals surface area (Å²) in [6.07, 6.45) is 0.867. The Labute approximate surface area is 159 Å². The molecule has 0 spiro atoms. The van der Waals surface area contributed by atoms with E-state index in [0.29, 0.717) is 0 Å².